The molecule has 0 aromatic carbocycles. The van der Waals surface area contributed by atoms with Crippen LogP contribution in [0.4, 0.5) is 0 Å². The van der Waals surface area contributed by atoms with E-state index in [-0.39, 0.29) is 41.2 Å². The molecule has 0 radical (unpaired) electrons. The number of fused-ring (bicyclic) bond motifs is 5. The standard InChI is InChI=1S/C28H47NO6S2/c1-16(13-17(2)25(36)26(32)29-11-12-37(33,34)35)20-5-6-21-24-22(8-10-28(20,21)4)27(3)9-7-19(30)14-18(27)15-23(24)31/h16-22,24-25,30,36H,5-15H2,1-4H3,(H,29,32)(H,33,34,35). The molecule has 4 saturated carbocycles. The number of hydrogen-bond donors (Lipinski definition) is 4. The summed E-state index contributed by atoms with van der Waals surface area (Å²) in [5.74, 6) is 1.84. The number of aliphatic hydroxyl groups is 1. The molecule has 11 atom stereocenters. The predicted octanol–water partition coefficient (Wildman–Crippen LogP) is 4.15. The normalized spacial score (nSPS) is 42.2. The fourth-order valence-electron chi connectivity index (χ4n) is 9.43. The molecule has 0 aromatic heterocycles. The molecule has 9 heteroatoms. The van der Waals surface area contributed by atoms with Gasteiger partial charge in [-0.05, 0) is 97.7 Å². The maximum absolute atomic E-state index is 13.6. The molecule has 0 heterocycles. The Bertz CT molecular complexity index is 987. The van der Waals surface area contributed by atoms with Crippen LogP contribution in [-0.2, 0) is 19.7 Å². The Kier molecular flexibility index (Phi) is 8.51. The average Bonchev–Trinajstić information content (AvgIpc) is 3.16. The minimum absolute atomic E-state index is 0.00713. The van der Waals surface area contributed by atoms with Crippen LogP contribution in [0.1, 0.15) is 85.5 Å². The second-order valence-corrected chi connectivity index (χ2v) is 15.6. The van der Waals surface area contributed by atoms with Crippen molar-refractivity contribution in [2.75, 3.05) is 12.3 Å². The summed E-state index contributed by atoms with van der Waals surface area (Å²) in [4.78, 5) is 26.1. The highest BCUT2D eigenvalue weighted by molar-refractivity contribution is 7.85. The van der Waals surface area contributed by atoms with Gasteiger partial charge >= 0.3 is 0 Å². The Balaban J connectivity index is 1.40. The molecular formula is C28H47NO6S2. The number of Topliss-reactive ketones (excluding diaryl/α,β-unsaturated/α-hetero) is 1. The molecule has 0 spiro atoms. The van der Waals surface area contributed by atoms with Crippen LogP contribution in [0.2, 0.25) is 0 Å². The van der Waals surface area contributed by atoms with Crippen LogP contribution in [0.15, 0.2) is 0 Å². The molecule has 0 saturated heterocycles. The molecule has 3 N–H and O–H groups in total. The van der Waals surface area contributed by atoms with Gasteiger partial charge in [0.15, 0.2) is 0 Å². The average molecular weight is 558 g/mol. The zero-order valence-electron chi connectivity index (χ0n) is 22.9. The summed E-state index contributed by atoms with van der Waals surface area (Å²) in [5, 5.41) is 12.3. The van der Waals surface area contributed by atoms with Gasteiger partial charge in [0.25, 0.3) is 10.1 Å². The smallest absolute Gasteiger partial charge is 0.266 e. The lowest BCUT2D eigenvalue weighted by Crippen LogP contribution is -2.57. The van der Waals surface area contributed by atoms with Crippen LogP contribution < -0.4 is 5.32 Å². The van der Waals surface area contributed by atoms with Gasteiger partial charge in [-0.25, -0.2) is 0 Å². The number of carbonyl (C=O) groups is 2. The van der Waals surface area contributed by atoms with E-state index in [9.17, 15) is 23.1 Å². The Labute approximate surface area is 228 Å². The number of amides is 1. The number of aliphatic hydroxyl groups excluding tert-OH is 1. The number of ketones is 1. The minimum atomic E-state index is -4.11. The summed E-state index contributed by atoms with van der Waals surface area (Å²) >= 11 is 4.54. The number of rotatable bonds is 8. The summed E-state index contributed by atoms with van der Waals surface area (Å²) in [6, 6.07) is 0. The second kappa shape index (κ2) is 10.7. The summed E-state index contributed by atoms with van der Waals surface area (Å²) in [6.45, 7) is 8.99. The van der Waals surface area contributed by atoms with Crippen molar-refractivity contribution in [3.05, 3.63) is 0 Å². The van der Waals surface area contributed by atoms with Crippen molar-refractivity contribution >= 4 is 34.4 Å². The molecule has 0 aromatic rings. The Hall–Kier alpha value is -0.640. The van der Waals surface area contributed by atoms with Gasteiger partial charge in [-0.1, -0.05) is 27.7 Å². The second-order valence-electron chi connectivity index (χ2n) is 13.5. The van der Waals surface area contributed by atoms with E-state index >= 15 is 0 Å². The van der Waals surface area contributed by atoms with Crippen LogP contribution in [0, 0.1) is 52.3 Å². The molecule has 4 rings (SSSR count). The maximum Gasteiger partial charge on any atom is 0.266 e. The molecule has 4 fully saturated rings. The lowest BCUT2D eigenvalue weighted by Gasteiger charge is -2.60. The van der Waals surface area contributed by atoms with Crippen molar-refractivity contribution in [1.29, 1.82) is 0 Å². The van der Waals surface area contributed by atoms with Gasteiger partial charge in [0.1, 0.15) is 5.78 Å². The van der Waals surface area contributed by atoms with E-state index in [0.717, 1.165) is 51.4 Å². The number of nitrogens with one attached hydrogen (secondary N) is 1. The molecule has 0 bridgehead atoms. The first-order valence-electron chi connectivity index (χ1n) is 14.3. The van der Waals surface area contributed by atoms with Crippen LogP contribution in [-0.4, -0.2) is 53.4 Å². The molecule has 7 nitrogen and oxygen atoms in total. The molecule has 0 aliphatic heterocycles. The first-order chi connectivity index (χ1) is 17.2. The third kappa shape index (κ3) is 5.66. The van der Waals surface area contributed by atoms with E-state index < -0.39 is 21.1 Å². The molecular weight excluding hydrogens is 510 g/mol. The summed E-state index contributed by atoms with van der Waals surface area (Å²) in [7, 11) is -4.11. The van der Waals surface area contributed by atoms with Gasteiger partial charge in [0.05, 0.1) is 17.1 Å². The van der Waals surface area contributed by atoms with Crippen LogP contribution >= 0.6 is 12.6 Å². The Morgan fingerprint density at radius 2 is 1.76 bits per heavy atom. The number of carbonyl (C=O) groups excluding carboxylic acids is 2. The van der Waals surface area contributed by atoms with Crippen LogP contribution in [0.3, 0.4) is 0 Å². The largest absolute Gasteiger partial charge is 0.393 e. The third-order valence-corrected chi connectivity index (χ3v) is 12.9. The molecule has 4 aliphatic rings. The van der Waals surface area contributed by atoms with E-state index in [4.69, 9.17) is 4.55 Å². The van der Waals surface area contributed by atoms with Crippen molar-refractivity contribution < 1.29 is 27.7 Å². The molecule has 11 unspecified atom stereocenters. The van der Waals surface area contributed by atoms with Crippen LogP contribution in [0.5, 0.6) is 0 Å². The molecule has 4 aliphatic carbocycles. The quantitative estimate of drug-likeness (QED) is 0.263. The molecule has 37 heavy (non-hydrogen) atoms. The first kappa shape index (κ1) is 29.3. The number of thiol groups is 1. The van der Waals surface area contributed by atoms with E-state index in [1.165, 1.54) is 0 Å². The number of hydrogen-bond acceptors (Lipinski definition) is 6. The monoisotopic (exact) mass is 557 g/mol. The highest BCUT2D eigenvalue weighted by Crippen LogP contribution is 2.67. The molecule has 1 amide bonds. The van der Waals surface area contributed by atoms with Crippen molar-refractivity contribution in [2.45, 2.75) is 96.8 Å². The highest BCUT2D eigenvalue weighted by Gasteiger charge is 2.63. The summed E-state index contributed by atoms with van der Waals surface area (Å²) < 4.78 is 30.7. The molecule has 212 valence electrons. The first-order valence-corrected chi connectivity index (χ1v) is 16.4. The Morgan fingerprint density at radius 1 is 1.11 bits per heavy atom. The topological polar surface area (TPSA) is 121 Å². The summed E-state index contributed by atoms with van der Waals surface area (Å²) in [5.41, 5.74) is 0.288. The fraction of sp³-hybridized carbons (Fsp3) is 0.929. The SMILES string of the molecule is CC(CC(C)C1CCC2C3C(=O)CC4CC(O)CCC4(C)C3CCC12C)C(S)C(=O)NCCS(=O)(=O)O. The van der Waals surface area contributed by atoms with Gasteiger partial charge in [-0.3, -0.25) is 14.1 Å². The zero-order valence-corrected chi connectivity index (χ0v) is 24.6. The zero-order chi connectivity index (χ0) is 27.3. The fourth-order valence-corrected chi connectivity index (χ4v) is 10.0. The Morgan fingerprint density at radius 3 is 2.43 bits per heavy atom. The van der Waals surface area contributed by atoms with Gasteiger partial charge in [-0.2, -0.15) is 21.0 Å². The van der Waals surface area contributed by atoms with E-state index in [2.05, 4.69) is 38.7 Å². The third-order valence-electron chi connectivity index (χ3n) is 11.4. The van der Waals surface area contributed by atoms with Crippen LogP contribution in [0.25, 0.3) is 0 Å². The van der Waals surface area contributed by atoms with Gasteiger partial charge in [-0.15, -0.1) is 0 Å². The van der Waals surface area contributed by atoms with E-state index in [1.807, 2.05) is 6.92 Å². The van der Waals surface area contributed by atoms with Gasteiger partial charge < -0.3 is 10.4 Å². The van der Waals surface area contributed by atoms with Crippen molar-refractivity contribution in [3.63, 3.8) is 0 Å². The minimum Gasteiger partial charge on any atom is -0.393 e. The van der Waals surface area contributed by atoms with E-state index in [0.29, 0.717) is 41.8 Å². The maximum atomic E-state index is 13.6. The van der Waals surface area contributed by atoms with Crippen molar-refractivity contribution in [3.8, 4) is 0 Å². The van der Waals surface area contributed by atoms with E-state index in [1.54, 1.807) is 0 Å². The van der Waals surface area contributed by atoms with Crippen molar-refractivity contribution in [1.82, 2.24) is 5.32 Å². The van der Waals surface area contributed by atoms with Gasteiger partial charge in [0, 0.05) is 18.9 Å². The predicted molar refractivity (Wildman–Crippen MR) is 147 cm³/mol. The lowest BCUT2D eigenvalue weighted by atomic mass is 9.44. The highest BCUT2D eigenvalue weighted by atomic mass is 32.2. The van der Waals surface area contributed by atoms with Crippen molar-refractivity contribution in [2.24, 2.45) is 52.3 Å². The summed E-state index contributed by atoms with van der Waals surface area (Å²) in [6.07, 6.45) is 8.33. The lowest BCUT2D eigenvalue weighted by molar-refractivity contribution is -0.160. The van der Waals surface area contributed by atoms with Gasteiger partial charge in [0.2, 0.25) is 5.91 Å².